The molecule has 2 aromatic carbocycles. The van der Waals surface area contributed by atoms with Crippen LogP contribution in [0, 0.1) is 0 Å². The quantitative estimate of drug-likeness (QED) is 0.449. The minimum Gasteiger partial charge on any atom is -0.504 e. The number of carbonyl (C=O) groups is 1. The lowest BCUT2D eigenvalue weighted by Gasteiger charge is -2.10. The number of hydrogen-bond acceptors (Lipinski definition) is 6. The minimum atomic E-state index is -0.567. The van der Waals surface area contributed by atoms with Crippen molar-refractivity contribution in [1.82, 2.24) is 0 Å². The first-order valence-electron chi connectivity index (χ1n) is 6.15. The molecule has 0 aliphatic carbocycles. The van der Waals surface area contributed by atoms with Crippen molar-refractivity contribution in [2.75, 3.05) is 13.7 Å². The number of benzene rings is 2. The van der Waals surface area contributed by atoms with Crippen molar-refractivity contribution in [2.45, 2.75) is 0 Å². The molecule has 0 radical (unpaired) electrons. The van der Waals surface area contributed by atoms with Gasteiger partial charge in [-0.3, -0.25) is 4.79 Å². The van der Waals surface area contributed by atoms with Crippen LogP contribution in [0.5, 0.6) is 23.0 Å². The van der Waals surface area contributed by atoms with Gasteiger partial charge in [-0.15, -0.1) is 0 Å². The number of carbonyl (C=O) groups excluding carboxylic acids is 1. The van der Waals surface area contributed by atoms with Gasteiger partial charge in [0.15, 0.2) is 11.5 Å². The molecule has 0 aliphatic heterocycles. The first kappa shape index (κ1) is 14.7. The van der Waals surface area contributed by atoms with Crippen molar-refractivity contribution in [3.05, 3.63) is 36.4 Å². The number of esters is 1. The summed E-state index contributed by atoms with van der Waals surface area (Å²) in [4.78, 5) is 11.3. The molecule has 0 heterocycles. The molecular formula is C15H15NO5. The van der Waals surface area contributed by atoms with Crippen LogP contribution in [0.3, 0.4) is 0 Å². The Morgan fingerprint density at radius 1 is 1.05 bits per heavy atom. The van der Waals surface area contributed by atoms with E-state index in [-0.39, 0.29) is 23.8 Å². The Morgan fingerprint density at radius 3 is 2.38 bits per heavy atom. The molecule has 0 bridgehead atoms. The average molecular weight is 289 g/mol. The van der Waals surface area contributed by atoms with Crippen molar-refractivity contribution in [2.24, 2.45) is 5.73 Å². The molecule has 0 saturated carbocycles. The van der Waals surface area contributed by atoms with E-state index in [9.17, 15) is 15.0 Å². The van der Waals surface area contributed by atoms with Gasteiger partial charge >= 0.3 is 5.97 Å². The van der Waals surface area contributed by atoms with Crippen LogP contribution in [0.15, 0.2) is 36.4 Å². The predicted octanol–water partition coefficient (Wildman–Crippen LogP) is 1.64. The number of hydrogen-bond donors (Lipinski definition) is 3. The van der Waals surface area contributed by atoms with Crippen LogP contribution in [-0.4, -0.2) is 29.8 Å². The Bertz CT molecular complexity index is 669. The van der Waals surface area contributed by atoms with Crippen molar-refractivity contribution >= 4 is 5.97 Å². The molecule has 0 aliphatic rings. The summed E-state index contributed by atoms with van der Waals surface area (Å²) in [5.41, 5.74) is 6.50. The number of methoxy groups -OCH3 is 1. The second-order valence-corrected chi connectivity index (χ2v) is 4.28. The van der Waals surface area contributed by atoms with E-state index in [1.165, 1.54) is 19.2 Å². The summed E-state index contributed by atoms with van der Waals surface area (Å²) in [6.07, 6.45) is 0. The van der Waals surface area contributed by atoms with Crippen molar-refractivity contribution in [3.8, 4) is 34.1 Å². The fourth-order valence-electron chi connectivity index (χ4n) is 1.79. The lowest BCUT2D eigenvalue weighted by atomic mass is 10.0. The second-order valence-electron chi connectivity index (χ2n) is 4.28. The summed E-state index contributed by atoms with van der Waals surface area (Å²) in [5.74, 6) is -0.248. The van der Waals surface area contributed by atoms with E-state index >= 15 is 0 Å². The van der Waals surface area contributed by atoms with E-state index in [1.54, 1.807) is 24.3 Å². The fraction of sp³-hybridized carbons (Fsp3) is 0.133. The highest BCUT2D eigenvalue weighted by atomic mass is 16.5. The van der Waals surface area contributed by atoms with Crippen LogP contribution in [0.1, 0.15) is 0 Å². The van der Waals surface area contributed by atoms with E-state index in [1.807, 2.05) is 0 Å². The summed E-state index contributed by atoms with van der Waals surface area (Å²) in [7, 11) is 1.49. The number of phenolic OH excluding ortho intramolecular Hbond substituents is 2. The molecule has 0 atom stereocenters. The molecule has 0 amide bonds. The SMILES string of the molecule is COc1cc(OC(=O)CN)cc(-c2ccc(O)c(O)c2)c1. The molecule has 6 heteroatoms. The topological polar surface area (TPSA) is 102 Å². The van der Waals surface area contributed by atoms with Crippen LogP contribution >= 0.6 is 0 Å². The van der Waals surface area contributed by atoms with Gasteiger partial charge in [0, 0.05) is 6.07 Å². The van der Waals surface area contributed by atoms with Crippen molar-refractivity contribution < 1.29 is 24.5 Å². The van der Waals surface area contributed by atoms with Crippen LogP contribution in [-0.2, 0) is 4.79 Å². The number of nitrogens with two attached hydrogens (primary N) is 1. The highest BCUT2D eigenvalue weighted by Gasteiger charge is 2.09. The third-order valence-electron chi connectivity index (χ3n) is 2.82. The van der Waals surface area contributed by atoms with E-state index in [2.05, 4.69) is 0 Å². The zero-order valence-corrected chi connectivity index (χ0v) is 11.4. The number of ether oxygens (including phenoxy) is 2. The van der Waals surface area contributed by atoms with Gasteiger partial charge in [0.25, 0.3) is 0 Å². The highest BCUT2D eigenvalue weighted by Crippen LogP contribution is 2.34. The average Bonchev–Trinajstić information content (AvgIpc) is 2.49. The summed E-state index contributed by atoms with van der Waals surface area (Å²) in [5, 5.41) is 18.9. The van der Waals surface area contributed by atoms with Gasteiger partial charge in [-0.25, -0.2) is 0 Å². The Labute approximate surface area is 121 Å². The number of aromatic hydroxyl groups is 2. The molecule has 0 fully saturated rings. The van der Waals surface area contributed by atoms with E-state index in [0.717, 1.165) is 0 Å². The second kappa shape index (κ2) is 6.15. The van der Waals surface area contributed by atoms with E-state index in [4.69, 9.17) is 15.2 Å². The van der Waals surface area contributed by atoms with Crippen LogP contribution in [0.25, 0.3) is 11.1 Å². The molecular weight excluding hydrogens is 274 g/mol. The maximum absolute atomic E-state index is 11.3. The maximum atomic E-state index is 11.3. The standard InChI is InChI=1S/C15H15NO5/c1-20-11-4-10(5-12(7-11)21-15(19)8-16)9-2-3-13(17)14(18)6-9/h2-7,17-18H,8,16H2,1H3. The molecule has 110 valence electrons. The molecule has 0 unspecified atom stereocenters. The van der Waals surface area contributed by atoms with Gasteiger partial charge in [-0.2, -0.15) is 0 Å². The monoisotopic (exact) mass is 289 g/mol. The smallest absolute Gasteiger partial charge is 0.325 e. The first-order valence-corrected chi connectivity index (χ1v) is 6.15. The van der Waals surface area contributed by atoms with Crippen molar-refractivity contribution in [1.29, 1.82) is 0 Å². The summed E-state index contributed by atoms with van der Waals surface area (Å²) in [6, 6.07) is 9.28. The van der Waals surface area contributed by atoms with Crippen molar-refractivity contribution in [3.63, 3.8) is 0 Å². The van der Waals surface area contributed by atoms with Gasteiger partial charge in [0.2, 0.25) is 0 Å². The zero-order valence-electron chi connectivity index (χ0n) is 11.4. The number of rotatable bonds is 4. The number of phenols is 2. The molecule has 2 rings (SSSR count). The van der Waals surface area contributed by atoms with Gasteiger partial charge in [0.1, 0.15) is 11.5 Å². The maximum Gasteiger partial charge on any atom is 0.325 e. The normalized spacial score (nSPS) is 10.2. The highest BCUT2D eigenvalue weighted by molar-refractivity contribution is 5.76. The molecule has 6 nitrogen and oxygen atoms in total. The van der Waals surface area contributed by atoms with E-state index in [0.29, 0.717) is 16.9 Å². The summed E-state index contributed by atoms with van der Waals surface area (Å²) in [6.45, 7) is -0.230. The Morgan fingerprint density at radius 2 is 1.76 bits per heavy atom. The summed E-state index contributed by atoms with van der Waals surface area (Å²) < 4.78 is 10.2. The molecule has 0 spiro atoms. The lowest BCUT2D eigenvalue weighted by molar-refractivity contribution is -0.132. The van der Waals surface area contributed by atoms with Crippen LogP contribution in [0.4, 0.5) is 0 Å². The molecule has 2 aromatic rings. The summed E-state index contributed by atoms with van der Waals surface area (Å²) >= 11 is 0. The molecule has 0 aromatic heterocycles. The Hall–Kier alpha value is -2.73. The van der Waals surface area contributed by atoms with Gasteiger partial charge in [0.05, 0.1) is 13.7 Å². The Kier molecular flexibility index (Phi) is 4.30. The fourth-order valence-corrected chi connectivity index (χ4v) is 1.79. The third-order valence-corrected chi connectivity index (χ3v) is 2.82. The van der Waals surface area contributed by atoms with Gasteiger partial charge in [-0.05, 0) is 35.4 Å². The van der Waals surface area contributed by atoms with Gasteiger partial charge < -0.3 is 25.4 Å². The zero-order chi connectivity index (χ0) is 15.4. The Balaban J connectivity index is 2.44. The van der Waals surface area contributed by atoms with Crippen LogP contribution < -0.4 is 15.2 Å². The van der Waals surface area contributed by atoms with E-state index < -0.39 is 5.97 Å². The largest absolute Gasteiger partial charge is 0.504 e. The lowest BCUT2D eigenvalue weighted by Crippen LogP contribution is -2.19. The third kappa shape index (κ3) is 3.43. The molecule has 4 N–H and O–H groups in total. The van der Waals surface area contributed by atoms with Gasteiger partial charge in [-0.1, -0.05) is 6.07 Å². The first-order chi connectivity index (χ1) is 10.0. The minimum absolute atomic E-state index is 0.212. The molecule has 21 heavy (non-hydrogen) atoms. The molecule has 0 saturated heterocycles. The van der Waals surface area contributed by atoms with Crippen LogP contribution in [0.2, 0.25) is 0 Å². The predicted molar refractivity (Wildman–Crippen MR) is 76.4 cm³/mol.